The predicted octanol–water partition coefficient (Wildman–Crippen LogP) is 1.71. The quantitative estimate of drug-likeness (QED) is 0.871. The van der Waals surface area contributed by atoms with E-state index in [4.69, 9.17) is 5.14 Å². The van der Waals surface area contributed by atoms with E-state index in [1.54, 1.807) is 31.1 Å². The molecule has 1 amide bonds. The van der Waals surface area contributed by atoms with Crippen LogP contribution >= 0.6 is 0 Å². The van der Waals surface area contributed by atoms with E-state index in [0.717, 1.165) is 11.3 Å². The third-order valence-electron chi connectivity index (χ3n) is 3.26. The number of hydrogen-bond acceptors (Lipinski definition) is 4. The third kappa shape index (κ3) is 4.80. The summed E-state index contributed by atoms with van der Waals surface area (Å²) in [7, 11) is -0.290. The molecule has 0 aliphatic heterocycles. The van der Waals surface area contributed by atoms with Crippen molar-refractivity contribution in [3.05, 3.63) is 54.1 Å². The van der Waals surface area contributed by atoms with Gasteiger partial charge in [0.2, 0.25) is 15.9 Å². The summed E-state index contributed by atoms with van der Waals surface area (Å²) in [6, 6.07) is 13.7. The Hall–Kier alpha value is -2.38. The molecule has 0 spiro atoms. The van der Waals surface area contributed by atoms with Crippen LogP contribution in [0.3, 0.4) is 0 Å². The van der Waals surface area contributed by atoms with Crippen molar-refractivity contribution in [2.45, 2.75) is 11.3 Å². The van der Waals surface area contributed by atoms with E-state index >= 15 is 0 Å². The van der Waals surface area contributed by atoms with Gasteiger partial charge in [0.05, 0.1) is 11.3 Å². The molecule has 122 valence electrons. The summed E-state index contributed by atoms with van der Waals surface area (Å²) in [6.07, 6.45) is 0.341. The van der Waals surface area contributed by atoms with Gasteiger partial charge in [-0.25, -0.2) is 13.6 Å². The molecule has 2 aromatic rings. The lowest BCUT2D eigenvalue weighted by molar-refractivity contribution is -0.127. The molecular formula is C16H19N3O3S. The molecule has 2 aromatic carbocycles. The molecule has 7 heteroatoms. The molecule has 0 atom stereocenters. The van der Waals surface area contributed by atoms with Crippen molar-refractivity contribution in [2.75, 3.05) is 19.4 Å². The monoisotopic (exact) mass is 333 g/mol. The molecule has 0 saturated heterocycles. The molecular weight excluding hydrogens is 314 g/mol. The number of likely N-dealkylation sites (N-methyl/N-ethyl adjacent to an activating group) is 1. The van der Waals surface area contributed by atoms with Crippen LogP contribution in [-0.4, -0.2) is 33.3 Å². The first-order valence-electron chi connectivity index (χ1n) is 6.95. The standard InChI is InChI=1S/C16H19N3O3S/c1-19(2)16(20)10-12-6-8-13(9-7-12)18-14-4-3-5-15(11-14)23(17,21)22/h3-9,11,18H,10H2,1-2H3,(H2,17,21,22). The fourth-order valence-corrected chi connectivity index (χ4v) is 2.52. The molecule has 0 aliphatic carbocycles. The molecule has 0 bridgehead atoms. The zero-order chi connectivity index (χ0) is 17.0. The van der Waals surface area contributed by atoms with Crippen molar-refractivity contribution in [3.8, 4) is 0 Å². The van der Waals surface area contributed by atoms with Crippen LogP contribution in [0.15, 0.2) is 53.4 Å². The van der Waals surface area contributed by atoms with Crippen molar-refractivity contribution in [3.63, 3.8) is 0 Å². The van der Waals surface area contributed by atoms with Crippen LogP contribution in [0.4, 0.5) is 11.4 Å². The highest BCUT2D eigenvalue weighted by Gasteiger charge is 2.08. The van der Waals surface area contributed by atoms with E-state index in [1.165, 1.54) is 12.1 Å². The topological polar surface area (TPSA) is 92.5 Å². The summed E-state index contributed by atoms with van der Waals surface area (Å²) in [5, 5.41) is 8.22. The SMILES string of the molecule is CN(C)C(=O)Cc1ccc(Nc2cccc(S(N)(=O)=O)c2)cc1. The number of nitrogens with two attached hydrogens (primary N) is 1. The normalized spacial score (nSPS) is 11.1. The first kappa shape index (κ1) is 17.0. The number of anilines is 2. The second-order valence-electron chi connectivity index (χ2n) is 5.36. The highest BCUT2D eigenvalue weighted by Crippen LogP contribution is 2.20. The molecule has 0 saturated carbocycles. The van der Waals surface area contributed by atoms with Crippen LogP contribution in [-0.2, 0) is 21.2 Å². The van der Waals surface area contributed by atoms with Crippen LogP contribution in [0.5, 0.6) is 0 Å². The lowest BCUT2D eigenvalue weighted by Gasteiger charge is -2.11. The first-order chi connectivity index (χ1) is 10.8. The number of hydrogen-bond donors (Lipinski definition) is 2. The first-order valence-corrected chi connectivity index (χ1v) is 8.49. The number of amides is 1. The Morgan fingerprint density at radius 1 is 1.09 bits per heavy atom. The number of primary sulfonamides is 1. The lowest BCUT2D eigenvalue weighted by atomic mass is 10.1. The van der Waals surface area contributed by atoms with Crippen molar-refractivity contribution in [2.24, 2.45) is 5.14 Å². The fraction of sp³-hybridized carbons (Fsp3) is 0.188. The smallest absolute Gasteiger partial charge is 0.238 e. The molecule has 0 heterocycles. The number of nitrogens with zero attached hydrogens (tertiary/aromatic N) is 1. The highest BCUT2D eigenvalue weighted by atomic mass is 32.2. The fourth-order valence-electron chi connectivity index (χ4n) is 1.96. The van der Waals surface area contributed by atoms with Crippen molar-refractivity contribution in [1.29, 1.82) is 0 Å². The van der Waals surface area contributed by atoms with E-state index in [1.807, 2.05) is 24.3 Å². The molecule has 23 heavy (non-hydrogen) atoms. The zero-order valence-corrected chi connectivity index (χ0v) is 13.8. The minimum atomic E-state index is -3.73. The van der Waals surface area contributed by atoms with Crippen LogP contribution in [0.2, 0.25) is 0 Å². The predicted molar refractivity (Wildman–Crippen MR) is 89.9 cm³/mol. The van der Waals surface area contributed by atoms with Gasteiger partial charge in [-0.15, -0.1) is 0 Å². The van der Waals surface area contributed by atoms with E-state index in [9.17, 15) is 13.2 Å². The second kappa shape index (κ2) is 6.80. The van der Waals surface area contributed by atoms with Gasteiger partial charge in [-0.1, -0.05) is 18.2 Å². The highest BCUT2D eigenvalue weighted by molar-refractivity contribution is 7.89. The number of carbonyl (C=O) groups excluding carboxylic acids is 1. The van der Waals surface area contributed by atoms with E-state index in [2.05, 4.69) is 5.32 Å². The number of rotatable bonds is 5. The van der Waals surface area contributed by atoms with E-state index < -0.39 is 10.0 Å². The van der Waals surface area contributed by atoms with Gasteiger partial charge >= 0.3 is 0 Å². The molecule has 0 unspecified atom stereocenters. The average molecular weight is 333 g/mol. The zero-order valence-electron chi connectivity index (χ0n) is 13.0. The van der Waals surface area contributed by atoms with Gasteiger partial charge < -0.3 is 10.2 Å². The van der Waals surface area contributed by atoms with Gasteiger partial charge in [-0.2, -0.15) is 0 Å². The molecule has 3 N–H and O–H groups in total. The van der Waals surface area contributed by atoms with Crippen molar-refractivity contribution >= 4 is 27.3 Å². The van der Waals surface area contributed by atoms with E-state index in [-0.39, 0.29) is 10.8 Å². The van der Waals surface area contributed by atoms with Gasteiger partial charge in [0.1, 0.15) is 0 Å². The van der Waals surface area contributed by atoms with Crippen LogP contribution in [0, 0.1) is 0 Å². The van der Waals surface area contributed by atoms with Crippen LogP contribution < -0.4 is 10.5 Å². The lowest BCUT2D eigenvalue weighted by Crippen LogP contribution is -2.23. The Bertz CT molecular complexity index is 800. The Kier molecular flexibility index (Phi) is 5.02. The van der Waals surface area contributed by atoms with E-state index in [0.29, 0.717) is 12.1 Å². The van der Waals surface area contributed by atoms with Gasteiger partial charge in [-0.3, -0.25) is 4.79 Å². The van der Waals surface area contributed by atoms with Crippen molar-refractivity contribution < 1.29 is 13.2 Å². The Labute approximate surface area is 136 Å². The van der Waals surface area contributed by atoms with Crippen LogP contribution in [0.1, 0.15) is 5.56 Å². The number of carbonyl (C=O) groups is 1. The largest absolute Gasteiger partial charge is 0.355 e. The van der Waals surface area contributed by atoms with Gasteiger partial charge in [0.15, 0.2) is 0 Å². The van der Waals surface area contributed by atoms with Gasteiger partial charge in [0.25, 0.3) is 0 Å². The summed E-state index contributed by atoms with van der Waals surface area (Å²) in [5.74, 6) is 0.0339. The number of nitrogens with one attached hydrogen (secondary N) is 1. The van der Waals surface area contributed by atoms with Gasteiger partial charge in [-0.05, 0) is 35.9 Å². The summed E-state index contributed by atoms with van der Waals surface area (Å²) in [5.41, 5.74) is 2.32. The van der Waals surface area contributed by atoms with Gasteiger partial charge in [0, 0.05) is 25.5 Å². The maximum atomic E-state index is 11.7. The number of benzene rings is 2. The maximum absolute atomic E-state index is 11.7. The third-order valence-corrected chi connectivity index (χ3v) is 4.17. The maximum Gasteiger partial charge on any atom is 0.238 e. The van der Waals surface area contributed by atoms with Crippen molar-refractivity contribution in [1.82, 2.24) is 4.90 Å². The molecule has 0 fully saturated rings. The van der Waals surface area contributed by atoms with Crippen LogP contribution in [0.25, 0.3) is 0 Å². The molecule has 0 aliphatic rings. The minimum Gasteiger partial charge on any atom is -0.355 e. The number of sulfonamides is 1. The minimum absolute atomic E-state index is 0.0339. The molecule has 2 rings (SSSR count). The summed E-state index contributed by atoms with van der Waals surface area (Å²) in [6.45, 7) is 0. The second-order valence-corrected chi connectivity index (χ2v) is 6.92. The summed E-state index contributed by atoms with van der Waals surface area (Å²) < 4.78 is 22.7. The molecule has 0 radical (unpaired) electrons. The Morgan fingerprint density at radius 2 is 1.74 bits per heavy atom. The average Bonchev–Trinajstić information content (AvgIpc) is 2.48. The Balaban J connectivity index is 2.11. The Morgan fingerprint density at radius 3 is 2.30 bits per heavy atom. The molecule has 0 aromatic heterocycles. The summed E-state index contributed by atoms with van der Waals surface area (Å²) >= 11 is 0. The molecule has 6 nitrogen and oxygen atoms in total. The summed E-state index contributed by atoms with van der Waals surface area (Å²) in [4.78, 5) is 13.3.